The predicted octanol–water partition coefficient (Wildman–Crippen LogP) is 2.57. The second-order valence-corrected chi connectivity index (χ2v) is 6.80. The zero-order valence-corrected chi connectivity index (χ0v) is 15.4. The summed E-state index contributed by atoms with van der Waals surface area (Å²) in [5.41, 5.74) is 1.36. The van der Waals surface area contributed by atoms with Crippen molar-refractivity contribution in [2.24, 2.45) is 0 Å². The Kier molecular flexibility index (Phi) is 5.76. The SMILES string of the molecule is O=C(O)c1cccc(CC(=O)N2CCN(C(=O)c3cccc(Cl)c3)CC2)c1. The molecule has 1 heterocycles. The van der Waals surface area contributed by atoms with Crippen molar-refractivity contribution >= 4 is 29.4 Å². The number of halogens is 1. The first kappa shape index (κ1) is 18.9. The molecule has 2 aromatic rings. The van der Waals surface area contributed by atoms with Crippen LogP contribution in [0.15, 0.2) is 48.5 Å². The highest BCUT2D eigenvalue weighted by atomic mass is 35.5. The number of benzene rings is 2. The van der Waals surface area contributed by atoms with E-state index in [2.05, 4.69) is 0 Å². The molecular formula is C20H19ClN2O4. The summed E-state index contributed by atoms with van der Waals surface area (Å²) < 4.78 is 0. The number of hydrogen-bond donors (Lipinski definition) is 1. The molecule has 2 aromatic carbocycles. The van der Waals surface area contributed by atoms with Gasteiger partial charge in [-0.1, -0.05) is 29.8 Å². The lowest BCUT2D eigenvalue weighted by Gasteiger charge is -2.35. The Bertz CT molecular complexity index is 876. The van der Waals surface area contributed by atoms with E-state index in [4.69, 9.17) is 16.7 Å². The van der Waals surface area contributed by atoms with Gasteiger partial charge in [0.05, 0.1) is 12.0 Å². The van der Waals surface area contributed by atoms with Gasteiger partial charge in [0.1, 0.15) is 0 Å². The molecular weight excluding hydrogens is 368 g/mol. The molecule has 27 heavy (non-hydrogen) atoms. The lowest BCUT2D eigenvalue weighted by Crippen LogP contribution is -2.51. The highest BCUT2D eigenvalue weighted by Crippen LogP contribution is 2.15. The van der Waals surface area contributed by atoms with Gasteiger partial charge in [0.2, 0.25) is 5.91 Å². The first-order valence-corrected chi connectivity index (χ1v) is 8.96. The maximum atomic E-state index is 12.5. The fourth-order valence-corrected chi connectivity index (χ4v) is 3.25. The van der Waals surface area contributed by atoms with Gasteiger partial charge in [-0.3, -0.25) is 9.59 Å². The molecule has 1 aliphatic rings. The van der Waals surface area contributed by atoms with E-state index in [1.165, 1.54) is 12.1 Å². The Morgan fingerprint density at radius 1 is 0.889 bits per heavy atom. The molecule has 0 radical (unpaired) electrons. The molecule has 0 aliphatic carbocycles. The van der Waals surface area contributed by atoms with E-state index >= 15 is 0 Å². The van der Waals surface area contributed by atoms with Crippen molar-refractivity contribution in [2.75, 3.05) is 26.2 Å². The van der Waals surface area contributed by atoms with Crippen molar-refractivity contribution < 1.29 is 19.5 Å². The average molecular weight is 387 g/mol. The first-order chi connectivity index (χ1) is 12.9. The van der Waals surface area contributed by atoms with Gasteiger partial charge in [-0.2, -0.15) is 0 Å². The lowest BCUT2D eigenvalue weighted by molar-refractivity contribution is -0.131. The summed E-state index contributed by atoms with van der Waals surface area (Å²) >= 11 is 5.94. The Labute approximate surface area is 162 Å². The van der Waals surface area contributed by atoms with Crippen LogP contribution in [-0.4, -0.2) is 58.9 Å². The lowest BCUT2D eigenvalue weighted by atomic mass is 10.1. The minimum Gasteiger partial charge on any atom is -0.478 e. The van der Waals surface area contributed by atoms with Crippen LogP contribution in [0.1, 0.15) is 26.3 Å². The van der Waals surface area contributed by atoms with Crippen LogP contribution in [0.5, 0.6) is 0 Å². The van der Waals surface area contributed by atoms with Crippen LogP contribution in [0.2, 0.25) is 5.02 Å². The minimum absolute atomic E-state index is 0.0765. The molecule has 1 aliphatic heterocycles. The third-order valence-electron chi connectivity index (χ3n) is 4.52. The normalized spacial score (nSPS) is 14.1. The molecule has 7 heteroatoms. The smallest absolute Gasteiger partial charge is 0.335 e. The van der Waals surface area contributed by atoms with Crippen molar-refractivity contribution in [3.63, 3.8) is 0 Å². The van der Waals surface area contributed by atoms with E-state index in [0.717, 1.165) is 0 Å². The van der Waals surface area contributed by atoms with E-state index < -0.39 is 5.97 Å². The maximum Gasteiger partial charge on any atom is 0.335 e. The van der Waals surface area contributed by atoms with Gasteiger partial charge in [-0.25, -0.2) is 4.79 Å². The number of carbonyl (C=O) groups is 3. The number of piperazine rings is 1. The third kappa shape index (κ3) is 4.65. The fraction of sp³-hybridized carbons (Fsp3) is 0.250. The molecule has 0 unspecified atom stereocenters. The molecule has 1 N–H and O–H groups in total. The second kappa shape index (κ2) is 8.22. The summed E-state index contributed by atoms with van der Waals surface area (Å²) in [5.74, 6) is -1.19. The highest BCUT2D eigenvalue weighted by molar-refractivity contribution is 6.30. The average Bonchev–Trinajstić information content (AvgIpc) is 2.67. The number of rotatable bonds is 4. The predicted molar refractivity (Wildman–Crippen MR) is 101 cm³/mol. The summed E-state index contributed by atoms with van der Waals surface area (Å²) in [7, 11) is 0. The number of nitrogens with zero attached hydrogens (tertiary/aromatic N) is 2. The van der Waals surface area contributed by atoms with Crippen molar-refractivity contribution in [2.45, 2.75) is 6.42 Å². The van der Waals surface area contributed by atoms with Crippen LogP contribution in [-0.2, 0) is 11.2 Å². The van der Waals surface area contributed by atoms with Crippen LogP contribution in [0.25, 0.3) is 0 Å². The van der Waals surface area contributed by atoms with Crippen LogP contribution < -0.4 is 0 Å². The van der Waals surface area contributed by atoms with E-state index in [0.29, 0.717) is 42.3 Å². The molecule has 0 bridgehead atoms. The Morgan fingerprint density at radius 2 is 1.52 bits per heavy atom. The molecule has 0 spiro atoms. The van der Waals surface area contributed by atoms with Crippen molar-refractivity contribution in [3.05, 3.63) is 70.2 Å². The van der Waals surface area contributed by atoms with E-state index in [9.17, 15) is 14.4 Å². The summed E-state index contributed by atoms with van der Waals surface area (Å²) in [6, 6.07) is 13.2. The van der Waals surface area contributed by atoms with Gasteiger partial charge in [0.15, 0.2) is 0 Å². The van der Waals surface area contributed by atoms with Gasteiger partial charge < -0.3 is 14.9 Å². The third-order valence-corrected chi connectivity index (χ3v) is 4.76. The Morgan fingerprint density at radius 3 is 2.19 bits per heavy atom. The largest absolute Gasteiger partial charge is 0.478 e. The number of carboxylic acids is 1. The Balaban J connectivity index is 1.57. The number of amides is 2. The quantitative estimate of drug-likeness (QED) is 0.876. The number of aromatic carboxylic acids is 1. The van der Waals surface area contributed by atoms with Crippen LogP contribution >= 0.6 is 11.6 Å². The van der Waals surface area contributed by atoms with Crippen LogP contribution in [0.4, 0.5) is 0 Å². The molecule has 140 valence electrons. The van der Waals surface area contributed by atoms with Gasteiger partial charge in [-0.05, 0) is 35.9 Å². The van der Waals surface area contributed by atoms with Gasteiger partial charge in [0.25, 0.3) is 5.91 Å². The van der Waals surface area contributed by atoms with Gasteiger partial charge >= 0.3 is 5.97 Å². The Hall–Kier alpha value is -2.86. The van der Waals surface area contributed by atoms with E-state index in [-0.39, 0.29) is 23.8 Å². The standard InChI is InChI=1S/C20H19ClN2O4/c21-17-6-2-4-15(13-17)19(25)23-9-7-22(8-10-23)18(24)12-14-3-1-5-16(11-14)20(26)27/h1-6,11,13H,7-10,12H2,(H,26,27). The topological polar surface area (TPSA) is 77.9 Å². The summed E-state index contributed by atoms with van der Waals surface area (Å²) in [6.07, 6.45) is 0.142. The molecule has 1 saturated heterocycles. The van der Waals surface area contributed by atoms with Crippen molar-refractivity contribution in [1.29, 1.82) is 0 Å². The van der Waals surface area contributed by atoms with Gasteiger partial charge in [0, 0.05) is 36.8 Å². The second-order valence-electron chi connectivity index (χ2n) is 6.37. The van der Waals surface area contributed by atoms with E-state index in [1.54, 1.807) is 46.2 Å². The molecule has 6 nitrogen and oxygen atoms in total. The maximum absolute atomic E-state index is 12.5. The summed E-state index contributed by atoms with van der Waals surface area (Å²) in [4.78, 5) is 39.5. The van der Waals surface area contributed by atoms with E-state index in [1.807, 2.05) is 0 Å². The first-order valence-electron chi connectivity index (χ1n) is 8.59. The summed E-state index contributed by atoms with van der Waals surface area (Å²) in [6.45, 7) is 1.80. The molecule has 0 saturated carbocycles. The molecule has 1 fully saturated rings. The van der Waals surface area contributed by atoms with Crippen LogP contribution in [0, 0.1) is 0 Å². The highest BCUT2D eigenvalue weighted by Gasteiger charge is 2.25. The van der Waals surface area contributed by atoms with Crippen molar-refractivity contribution in [1.82, 2.24) is 9.80 Å². The molecule has 2 amide bonds. The number of carbonyl (C=O) groups excluding carboxylic acids is 2. The van der Waals surface area contributed by atoms with Gasteiger partial charge in [-0.15, -0.1) is 0 Å². The summed E-state index contributed by atoms with van der Waals surface area (Å²) in [5, 5.41) is 9.56. The zero-order valence-electron chi connectivity index (χ0n) is 14.6. The number of carboxylic acid groups (broad SMARTS) is 1. The monoisotopic (exact) mass is 386 g/mol. The minimum atomic E-state index is -1.02. The number of hydrogen-bond acceptors (Lipinski definition) is 3. The molecule has 0 aromatic heterocycles. The zero-order chi connectivity index (χ0) is 19.4. The fourth-order valence-electron chi connectivity index (χ4n) is 3.06. The van der Waals surface area contributed by atoms with Crippen LogP contribution in [0.3, 0.4) is 0 Å². The molecule has 0 atom stereocenters. The van der Waals surface area contributed by atoms with Crippen molar-refractivity contribution in [3.8, 4) is 0 Å². The molecule has 3 rings (SSSR count).